The zero-order valence-electron chi connectivity index (χ0n) is 15.6. The van der Waals surface area contributed by atoms with Crippen molar-refractivity contribution in [1.29, 1.82) is 0 Å². The molecule has 144 valence electrons. The van der Waals surface area contributed by atoms with Crippen LogP contribution in [0.25, 0.3) is 22.1 Å². The number of hydrogen-bond acceptors (Lipinski definition) is 4. The number of imidazole rings is 1. The SMILES string of the molecule is Cn1c(=O)c2[nH]c(CN3CCn4c(cc5c(Cl)cccc54)C3)nc2n(C)c1=O. The lowest BCUT2D eigenvalue weighted by Gasteiger charge is -2.28. The molecule has 8 nitrogen and oxygen atoms in total. The van der Waals surface area contributed by atoms with Crippen LogP contribution in [0.1, 0.15) is 11.5 Å². The van der Waals surface area contributed by atoms with E-state index in [1.165, 1.54) is 17.3 Å². The Balaban J connectivity index is 1.48. The molecule has 0 radical (unpaired) electrons. The van der Waals surface area contributed by atoms with Gasteiger partial charge in [0.05, 0.1) is 6.54 Å². The molecule has 0 amide bonds. The molecule has 0 bridgehead atoms. The first-order valence-corrected chi connectivity index (χ1v) is 9.45. The highest BCUT2D eigenvalue weighted by molar-refractivity contribution is 6.35. The van der Waals surface area contributed by atoms with Crippen molar-refractivity contribution in [1.82, 2.24) is 28.6 Å². The highest BCUT2D eigenvalue weighted by Gasteiger charge is 2.21. The second kappa shape index (κ2) is 6.08. The topological polar surface area (TPSA) is 80.8 Å². The smallest absolute Gasteiger partial charge is 0.332 e. The van der Waals surface area contributed by atoms with E-state index in [1.54, 1.807) is 7.05 Å². The summed E-state index contributed by atoms with van der Waals surface area (Å²) < 4.78 is 4.79. The maximum atomic E-state index is 12.4. The van der Waals surface area contributed by atoms with Crippen LogP contribution in [0, 0.1) is 0 Å². The molecule has 0 aliphatic carbocycles. The standard InChI is InChI=1S/C19H19ClN6O2/c1-23-17-16(18(27)24(2)19(23)28)21-15(22-17)10-25-6-7-26-11(9-25)8-12-13(20)4-3-5-14(12)26/h3-5,8H,6-7,9-10H2,1-2H3,(H,21,22). The number of benzene rings is 1. The van der Waals surface area contributed by atoms with Crippen molar-refractivity contribution >= 4 is 33.7 Å². The van der Waals surface area contributed by atoms with E-state index in [2.05, 4.69) is 31.6 Å². The van der Waals surface area contributed by atoms with Gasteiger partial charge in [0.15, 0.2) is 5.65 Å². The Morgan fingerprint density at radius 1 is 1.18 bits per heavy atom. The Labute approximate surface area is 164 Å². The molecule has 1 aliphatic heterocycles. The first kappa shape index (κ1) is 17.3. The zero-order valence-corrected chi connectivity index (χ0v) is 16.3. The van der Waals surface area contributed by atoms with Crippen LogP contribution in [0.5, 0.6) is 0 Å². The number of nitrogens with zero attached hydrogens (tertiary/aromatic N) is 5. The minimum Gasteiger partial charge on any atom is -0.342 e. The van der Waals surface area contributed by atoms with Gasteiger partial charge in [0.25, 0.3) is 5.56 Å². The van der Waals surface area contributed by atoms with Crippen LogP contribution in [-0.2, 0) is 33.7 Å². The van der Waals surface area contributed by atoms with Gasteiger partial charge in [-0.25, -0.2) is 9.78 Å². The van der Waals surface area contributed by atoms with Crippen LogP contribution < -0.4 is 11.2 Å². The van der Waals surface area contributed by atoms with E-state index in [-0.39, 0.29) is 11.2 Å². The molecule has 28 heavy (non-hydrogen) atoms. The fraction of sp³-hybridized carbons (Fsp3) is 0.316. The third-order valence-corrected chi connectivity index (χ3v) is 5.85. The fourth-order valence-corrected chi connectivity index (χ4v) is 4.27. The number of aromatic amines is 1. The fourth-order valence-electron chi connectivity index (χ4n) is 4.04. The van der Waals surface area contributed by atoms with Gasteiger partial charge in [0.2, 0.25) is 0 Å². The predicted octanol–water partition coefficient (Wildman–Crippen LogP) is 1.58. The van der Waals surface area contributed by atoms with Crippen molar-refractivity contribution < 1.29 is 0 Å². The van der Waals surface area contributed by atoms with Gasteiger partial charge in [-0.05, 0) is 18.2 Å². The van der Waals surface area contributed by atoms with Gasteiger partial charge in [0.1, 0.15) is 11.3 Å². The summed E-state index contributed by atoms with van der Waals surface area (Å²) in [4.78, 5) is 34.3. The molecule has 0 atom stereocenters. The maximum absolute atomic E-state index is 12.4. The van der Waals surface area contributed by atoms with Crippen LogP contribution in [0.3, 0.4) is 0 Å². The van der Waals surface area contributed by atoms with Gasteiger partial charge in [-0.3, -0.25) is 18.8 Å². The molecule has 9 heteroatoms. The molecular formula is C19H19ClN6O2. The molecule has 1 aliphatic rings. The van der Waals surface area contributed by atoms with Gasteiger partial charge in [-0.15, -0.1) is 0 Å². The van der Waals surface area contributed by atoms with E-state index in [1.807, 2.05) is 12.1 Å². The molecule has 0 saturated heterocycles. The lowest BCUT2D eigenvalue weighted by Crippen LogP contribution is -2.36. The highest BCUT2D eigenvalue weighted by Crippen LogP contribution is 2.29. The van der Waals surface area contributed by atoms with Gasteiger partial charge >= 0.3 is 5.69 Å². The zero-order chi connectivity index (χ0) is 19.6. The summed E-state index contributed by atoms with van der Waals surface area (Å²) in [5.74, 6) is 0.677. The Morgan fingerprint density at radius 3 is 2.82 bits per heavy atom. The average molecular weight is 399 g/mol. The van der Waals surface area contributed by atoms with Crippen LogP contribution in [0.2, 0.25) is 5.02 Å². The van der Waals surface area contributed by atoms with Crippen LogP contribution in [0.4, 0.5) is 0 Å². The second-order valence-corrected chi connectivity index (χ2v) is 7.67. The Hall–Kier alpha value is -2.84. The van der Waals surface area contributed by atoms with E-state index >= 15 is 0 Å². The lowest BCUT2D eigenvalue weighted by atomic mass is 10.2. The summed E-state index contributed by atoms with van der Waals surface area (Å²) >= 11 is 6.34. The predicted molar refractivity (Wildman–Crippen MR) is 108 cm³/mol. The first-order chi connectivity index (χ1) is 13.4. The minimum absolute atomic E-state index is 0.356. The van der Waals surface area contributed by atoms with E-state index in [0.29, 0.717) is 23.5 Å². The number of rotatable bonds is 2. The van der Waals surface area contributed by atoms with Crippen molar-refractivity contribution in [3.8, 4) is 0 Å². The summed E-state index contributed by atoms with van der Waals surface area (Å²) in [6, 6.07) is 8.12. The Bertz CT molecular complexity index is 1360. The maximum Gasteiger partial charge on any atom is 0.332 e. The summed E-state index contributed by atoms with van der Waals surface area (Å²) in [5, 5.41) is 1.84. The van der Waals surface area contributed by atoms with E-state index < -0.39 is 0 Å². The molecule has 1 aromatic carbocycles. The average Bonchev–Trinajstić information content (AvgIpc) is 3.27. The van der Waals surface area contributed by atoms with Gasteiger partial charge < -0.3 is 9.55 Å². The number of hydrogen-bond donors (Lipinski definition) is 1. The van der Waals surface area contributed by atoms with Crippen molar-refractivity contribution in [3.63, 3.8) is 0 Å². The number of halogens is 1. The van der Waals surface area contributed by atoms with E-state index in [4.69, 9.17) is 11.6 Å². The Morgan fingerprint density at radius 2 is 2.00 bits per heavy atom. The van der Waals surface area contributed by atoms with Gasteiger partial charge in [-0.2, -0.15) is 0 Å². The van der Waals surface area contributed by atoms with Crippen LogP contribution in [-0.4, -0.2) is 35.1 Å². The quantitative estimate of drug-likeness (QED) is 0.556. The molecule has 0 unspecified atom stereocenters. The number of aromatic nitrogens is 5. The van der Waals surface area contributed by atoms with Crippen LogP contribution >= 0.6 is 11.6 Å². The van der Waals surface area contributed by atoms with Crippen molar-refractivity contribution in [3.05, 3.63) is 61.6 Å². The lowest BCUT2D eigenvalue weighted by molar-refractivity contribution is 0.211. The number of fused-ring (bicyclic) bond motifs is 4. The van der Waals surface area contributed by atoms with Crippen LogP contribution in [0.15, 0.2) is 33.9 Å². The molecular weight excluding hydrogens is 380 g/mol. The molecule has 3 aromatic heterocycles. The number of H-pyrrole nitrogens is 1. The molecule has 0 fully saturated rings. The van der Waals surface area contributed by atoms with Crippen molar-refractivity contribution in [2.45, 2.75) is 19.6 Å². The number of aryl methyl sites for hydroxylation is 1. The monoisotopic (exact) mass is 398 g/mol. The third-order valence-electron chi connectivity index (χ3n) is 5.52. The summed E-state index contributed by atoms with van der Waals surface area (Å²) in [7, 11) is 3.09. The minimum atomic E-state index is -0.380. The molecule has 1 N–H and O–H groups in total. The third kappa shape index (κ3) is 2.45. The molecule has 4 heterocycles. The summed E-state index contributed by atoms with van der Waals surface area (Å²) in [6.45, 7) is 3.05. The normalized spacial score (nSPS) is 14.8. The Kier molecular flexibility index (Phi) is 3.75. The van der Waals surface area contributed by atoms with E-state index in [0.717, 1.165) is 40.1 Å². The van der Waals surface area contributed by atoms with Gasteiger partial charge in [-0.1, -0.05) is 17.7 Å². The second-order valence-electron chi connectivity index (χ2n) is 7.26. The summed E-state index contributed by atoms with van der Waals surface area (Å²) in [6.07, 6.45) is 0. The molecule has 0 saturated carbocycles. The molecule has 4 aromatic rings. The van der Waals surface area contributed by atoms with Gasteiger partial charge in [0, 0.05) is 55.3 Å². The first-order valence-electron chi connectivity index (χ1n) is 9.07. The van der Waals surface area contributed by atoms with Crippen molar-refractivity contribution in [2.24, 2.45) is 14.1 Å². The number of nitrogens with one attached hydrogen (secondary N) is 1. The van der Waals surface area contributed by atoms with E-state index in [9.17, 15) is 9.59 Å². The summed E-state index contributed by atoms with van der Waals surface area (Å²) in [5.41, 5.74) is 2.37. The highest BCUT2D eigenvalue weighted by atomic mass is 35.5. The largest absolute Gasteiger partial charge is 0.342 e. The molecule has 0 spiro atoms. The van der Waals surface area contributed by atoms with Crippen molar-refractivity contribution in [2.75, 3.05) is 6.54 Å². The molecule has 5 rings (SSSR count).